The fourth-order valence-electron chi connectivity index (χ4n) is 2.91. The minimum absolute atomic E-state index is 0.0423. The van der Waals surface area contributed by atoms with Crippen LogP contribution in [0.2, 0.25) is 0 Å². The van der Waals surface area contributed by atoms with Gasteiger partial charge in [-0.15, -0.1) is 0 Å². The summed E-state index contributed by atoms with van der Waals surface area (Å²) < 4.78 is 5.06. The molecule has 4 heteroatoms. The number of benzene rings is 1. The van der Waals surface area contributed by atoms with Crippen LogP contribution in [0.15, 0.2) is 41.0 Å². The summed E-state index contributed by atoms with van der Waals surface area (Å²) in [5.74, 6) is -0.408. The Bertz CT molecular complexity index is 632. The number of fused-ring (bicyclic) bond motifs is 1. The van der Waals surface area contributed by atoms with Crippen LogP contribution in [0.3, 0.4) is 0 Å². The third-order valence-electron chi connectivity index (χ3n) is 3.73. The quantitative estimate of drug-likeness (QED) is 0.931. The predicted octanol–water partition coefficient (Wildman–Crippen LogP) is 3.18. The summed E-state index contributed by atoms with van der Waals surface area (Å²) >= 11 is 0. The minimum Gasteiger partial charge on any atom is -0.475 e. The number of furan rings is 1. The molecule has 0 saturated carbocycles. The number of nitrogens with zero attached hydrogens (tertiary/aromatic N) is 1. The summed E-state index contributed by atoms with van der Waals surface area (Å²) in [7, 11) is 0. The van der Waals surface area contributed by atoms with Gasteiger partial charge < -0.3 is 14.4 Å². The molecule has 1 aliphatic heterocycles. The van der Waals surface area contributed by atoms with Gasteiger partial charge in [0.15, 0.2) is 0 Å². The van der Waals surface area contributed by atoms with Crippen molar-refractivity contribution < 1.29 is 14.3 Å². The van der Waals surface area contributed by atoms with Gasteiger partial charge in [-0.1, -0.05) is 25.1 Å². The standard InChI is InChI=1S/C16H17NO3/c1-11-8-12-4-2-3-5-14(12)17(9-11)10-13-6-7-20-15(13)16(18)19/h2-7,11H,8-10H2,1H3,(H,18,19). The van der Waals surface area contributed by atoms with Gasteiger partial charge in [-0.3, -0.25) is 0 Å². The van der Waals surface area contributed by atoms with Crippen LogP contribution in [0.4, 0.5) is 5.69 Å². The number of hydrogen-bond acceptors (Lipinski definition) is 3. The molecule has 0 aliphatic carbocycles. The Morgan fingerprint density at radius 2 is 2.20 bits per heavy atom. The SMILES string of the molecule is CC1Cc2ccccc2N(Cc2ccoc2C(=O)O)C1. The molecule has 0 amide bonds. The summed E-state index contributed by atoms with van der Waals surface area (Å²) in [5, 5.41) is 9.12. The zero-order chi connectivity index (χ0) is 14.1. The van der Waals surface area contributed by atoms with E-state index in [2.05, 4.69) is 30.0 Å². The molecule has 1 atom stereocenters. The van der Waals surface area contributed by atoms with Crippen LogP contribution in [-0.2, 0) is 13.0 Å². The molecule has 0 radical (unpaired) electrons. The lowest BCUT2D eigenvalue weighted by atomic mass is 9.93. The van der Waals surface area contributed by atoms with Gasteiger partial charge in [-0.05, 0) is 30.0 Å². The molecule has 0 spiro atoms. The van der Waals surface area contributed by atoms with Crippen LogP contribution in [0.5, 0.6) is 0 Å². The number of rotatable bonds is 3. The van der Waals surface area contributed by atoms with Crippen molar-refractivity contribution in [1.29, 1.82) is 0 Å². The van der Waals surface area contributed by atoms with Crippen LogP contribution in [0.1, 0.15) is 28.6 Å². The lowest BCUT2D eigenvalue weighted by Gasteiger charge is -2.34. The van der Waals surface area contributed by atoms with Gasteiger partial charge in [0.25, 0.3) is 0 Å². The summed E-state index contributed by atoms with van der Waals surface area (Å²) in [6.45, 7) is 3.72. The molecule has 104 valence electrons. The Morgan fingerprint density at radius 1 is 1.40 bits per heavy atom. The maximum absolute atomic E-state index is 11.1. The van der Waals surface area contributed by atoms with E-state index < -0.39 is 5.97 Å². The summed E-state index contributed by atoms with van der Waals surface area (Å²) in [4.78, 5) is 13.4. The molecule has 1 N–H and O–H groups in total. The van der Waals surface area contributed by atoms with Crippen molar-refractivity contribution >= 4 is 11.7 Å². The van der Waals surface area contributed by atoms with Crippen LogP contribution in [-0.4, -0.2) is 17.6 Å². The summed E-state index contributed by atoms with van der Waals surface area (Å²) in [6, 6.07) is 10.1. The van der Waals surface area contributed by atoms with Crippen LogP contribution >= 0.6 is 0 Å². The molecule has 3 rings (SSSR count). The molecule has 1 aromatic heterocycles. The van der Waals surface area contributed by atoms with Gasteiger partial charge in [0.2, 0.25) is 5.76 Å². The molecule has 1 unspecified atom stereocenters. The lowest BCUT2D eigenvalue weighted by molar-refractivity contribution is 0.0661. The summed E-state index contributed by atoms with van der Waals surface area (Å²) in [5.41, 5.74) is 3.25. The third kappa shape index (κ3) is 2.29. The highest BCUT2D eigenvalue weighted by molar-refractivity contribution is 5.86. The van der Waals surface area contributed by atoms with Crippen molar-refractivity contribution in [3.63, 3.8) is 0 Å². The second-order valence-electron chi connectivity index (χ2n) is 5.40. The molecular formula is C16H17NO3. The number of carbonyl (C=O) groups is 1. The first-order valence-corrected chi connectivity index (χ1v) is 6.77. The summed E-state index contributed by atoms with van der Waals surface area (Å²) in [6.07, 6.45) is 2.52. The van der Waals surface area contributed by atoms with Gasteiger partial charge in [0.05, 0.1) is 6.26 Å². The molecule has 0 fully saturated rings. The highest BCUT2D eigenvalue weighted by atomic mass is 16.4. The minimum atomic E-state index is -1.01. The maximum Gasteiger partial charge on any atom is 0.372 e. The van der Waals surface area contributed by atoms with Crippen LogP contribution in [0, 0.1) is 5.92 Å². The Labute approximate surface area is 117 Å². The van der Waals surface area contributed by atoms with Crippen molar-refractivity contribution in [3.8, 4) is 0 Å². The first-order valence-electron chi connectivity index (χ1n) is 6.77. The van der Waals surface area contributed by atoms with E-state index in [1.807, 2.05) is 6.07 Å². The maximum atomic E-state index is 11.1. The van der Waals surface area contributed by atoms with E-state index in [-0.39, 0.29) is 5.76 Å². The fourth-order valence-corrected chi connectivity index (χ4v) is 2.91. The molecule has 1 aromatic carbocycles. The Morgan fingerprint density at radius 3 is 3.00 bits per heavy atom. The average Bonchev–Trinajstić information content (AvgIpc) is 2.87. The number of carboxylic acids is 1. The molecule has 2 aromatic rings. The van der Waals surface area contributed by atoms with E-state index in [4.69, 9.17) is 9.52 Å². The topological polar surface area (TPSA) is 53.7 Å². The van der Waals surface area contributed by atoms with E-state index >= 15 is 0 Å². The van der Waals surface area contributed by atoms with E-state index in [0.29, 0.717) is 12.5 Å². The molecule has 0 bridgehead atoms. The first-order chi connectivity index (χ1) is 9.65. The number of carboxylic acid groups (broad SMARTS) is 1. The Balaban J connectivity index is 1.91. The lowest BCUT2D eigenvalue weighted by Crippen LogP contribution is -2.34. The monoisotopic (exact) mass is 271 g/mol. The fraction of sp³-hybridized carbons (Fsp3) is 0.312. The molecule has 1 aliphatic rings. The van der Waals surface area contributed by atoms with Crippen molar-refractivity contribution in [2.45, 2.75) is 19.9 Å². The number of anilines is 1. The Kier molecular flexibility index (Phi) is 3.22. The first kappa shape index (κ1) is 12.8. The number of para-hydroxylation sites is 1. The molecular weight excluding hydrogens is 254 g/mol. The normalized spacial score (nSPS) is 17.9. The van der Waals surface area contributed by atoms with E-state index in [1.165, 1.54) is 17.5 Å². The zero-order valence-corrected chi connectivity index (χ0v) is 11.4. The van der Waals surface area contributed by atoms with E-state index in [9.17, 15) is 4.79 Å². The number of aromatic carboxylic acids is 1. The molecule has 0 saturated heterocycles. The number of hydrogen-bond donors (Lipinski definition) is 1. The molecule has 4 nitrogen and oxygen atoms in total. The third-order valence-corrected chi connectivity index (χ3v) is 3.73. The highest BCUT2D eigenvalue weighted by Gasteiger charge is 2.23. The second kappa shape index (κ2) is 5.04. The zero-order valence-electron chi connectivity index (χ0n) is 11.4. The van der Waals surface area contributed by atoms with Crippen molar-refractivity contribution in [3.05, 3.63) is 53.5 Å². The largest absolute Gasteiger partial charge is 0.475 e. The molecule has 20 heavy (non-hydrogen) atoms. The van der Waals surface area contributed by atoms with Gasteiger partial charge in [-0.2, -0.15) is 0 Å². The van der Waals surface area contributed by atoms with Gasteiger partial charge in [0.1, 0.15) is 0 Å². The van der Waals surface area contributed by atoms with Gasteiger partial charge in [0, 0.05) is 24.3 Å². The van der Waals surface area contributed by atoms with Crippen molar-refractivity contribution in [1.82, 2.24) is 0 Å². The second-order valence-corrected chi connectivity index (χ2v) is 5.40. The molecule has 2 heterocycles. The smallest absolute Gasteiger partial charge is 0.372 e. The van der Waals surface area contributed by atoms with Gasteiger partial charge >= 0.3 is 5.97 Å². The van der Waals surface area contributed by atoms with E-state index in [1.54, 1.807) is 6.07 Å². The van der Waals surface area contributed by atoms with Crippen molar-refractivity contribution in [2.24, 2.45) is 5.92 Å². The Hall–Kier alpha value is -2.23. The predicted molar refractivity (Wildman–Crippen MR) is 76.0 cm³/mol. The van der Waals surface area contributed by atoms with E-state index in [0.717, 1.165) is 18.5 Å². The average molecular weight is 271 g/mol. The highest BCUT2D eigenvalue weighted by Crippen LogP contribution is 2.31. The van der Waals surface area contributed by atoms with Crippen molar-refractivity contribution in [2.75, 3.05) is 11.4 Å². The van der Waals surface area contributed by atoms with Crippen LogP contribution < -0.4 is 4.90 Å². The van der Waals surface area contributed by atoms with Crippen LogP contribution in [0.25, 0.3) is 0 Å². The van der Waals surface area contributed by atoms with Gasteiger partial charge in [-0.25, -0.2) is 4.79 Å².